The molecule has 1 atom stereocenters. The van der Waals surface area contributed by atoms with Crippen LogP contribution in [0.25, 0.3) is 0 Å². The zero-order chi connectivity index (χ0) is 14.7. The van der Waals surface area contributed by atoms with E-state index in [9.17, 15) is 5.11 Å². The molecule has 4 heteroatoms. The normalized spacial score (nSPS) is 15.2. The van der Waals surface area contributed by atoms with Crippen LogP contribution in [0.1, 0.15) is 16.9 Å². The predicted molar refractivity (Wildman–Crippen MR) is 81.5 cm³/mol. The summed E-state index contributed by atoms with van der Waals surface area (Å²) in [7, 11) is 0. The Hall–Kier alpha value is -1.78. The molecule has 0 radical (unpaired) electrons. The van der Waals surface area contributed by atoms with E-state index < -0.39 is 6.10 Å². The molecular weight excluding hydrogens is 266 g/mol. The first-order valence-corrected chi connectivity index (χ1v) is 7.35. The Morgan fingerprint density at radius 2 is 2.24 bits per heavy atom. The van der Waals surface area contributed by atoms with Crippen LogP contribution in [0.2, 0.25) is 0 Å². The van der Waals surface area contributed by atoms with Gasteiger partial charge in [-0.3, -0.25) is 0 Å². The summed E-state index contributed by atoms with van der Waals surface area (Å²) >= 11 is 0. The SMILES string of the molecule is Cc1cccc2c1CCN2CC(O)COCc1ccco1. The first-order valence-electron chi connectivity index (χ1n) is 7.35. The Morgan fingerprint density at radius 3 is 3.05 bits per heavy atom. The standard InChI is InChI=1S/C17H21NO3/c1-13-4-2-6-17-16(13)7-8-18(17)10-14(19)11-20-12-15-5-3-9-21-15/h2-6,9,14,19H,7-8,10-12H2,1H3. The molecular formula is C17H21NO3. The average Bonchev–Trinajstić information content (AvgIpc) is 3.10. The first kappa shape index (κ1) is 14.2. The molecule has 1 aliphatic rings. The van der Waals surface area contributed by atoms with Crippen LogP contribution >= 0.6 is 0 Å². The molecule has 0 saturated heterocycles. The highest BCUT2D eigenvalue weighted by atomic mass is 16.5. The van der Waals surface area contributed by atoms with Gasteiger partial charge in [0.2, 0.25) is 0 Å². The Labute approximate surface area is 124 Å². The monoisotopic (exact) mass is 287 g/mol. The van der Waals surface area contributed by atoms with Crippen LogP contribution in [0.3, 0.4) is 0 Å². The van der Waals surface area contributed by atoms with Gasteiger partial charge < -0.3 is 19.2 Å². The van der Waals surface area contributed by atoms with Crippen molar-refractivity contribution in [1.82, 2.24) is 0 Å². The fourth-order valence-corrected chi connectivity index (χ4v) is 2.86. The molecule has 0 spiro atoms. The number of anilines is 1. The van der Waals surface area contributed by atoms with Crippen molar-refractivity contribution in [3.05, 3.63) is 53.5 Å². The van der Waals surface area contributed by atoms with Crippen LogP contribution in [0.5, 0.6) is 0 Å². The lowest BCUT2D eigenvalue weighted by Crippen LogP contribution is -2.33. The zero-order valence-corrected chi connectivity index (χ0v) is 12.3. The fraction of sp³-hybridized carbons (Fsp3) is 0.412. The number of aliphatic hydroxyl groups is 1. The second-order valence-corrected chi connectivity index (χ2v) is 5.52. The van der Waals surface area contributed by atoms with Crippen LogP contribution in [0.4, 0.5) is 5.69 Å². The molecule has 1 unspecified atom stereocenters. The topological polar surface area (TPSA) is 45.8 Å². The number of ether oxygens (including phenoxy) is 1. The summed E-state index contributed by atoms with van der Waals surface area (Å²) in [5.74, 6) is 0.782. The van der Waals surface area contributed by atoms with Crippen molar-refractivity contribution in [3.63, 3.8) is 0 Å². The number of aryl methyl sites for hydroxylation is 1. The van der Waals surface area contributed by atoms with E-state index in [1.165, 1.54) is 16.8 Å². The fourth-order valence-electron chi connectivity index (χ4n) is 2.86. The highest BCUT2D eigenvalue weighted by Crippen LogP contribution is 2.30. The van der Waals surface area contributed by atoms with Crippen molar-refractivity contribution in [2.24, 2.45) is 0 Å². The molecule has 1 aromatic heterocycles. The molecule has 21 heavy (non-hydrogen) atoms. The number of hydrogen-bond donors (Lipinski definition) is 1. The van der Waals surface area contributed by atoms with Crippen LogP contribution in [-0.2, 0) is 17.8 Å². The third-order valence-corrected chi connectivity index (χ3v) is 3.92. The lowest BCUT2D eigenvalue weighted by molar-refractivity contribution is 0.0257. The summed E-state index contributed by atoms with van der Waals surface area (Å²) in [5.41, 5.74) is 3.99. The van der Waals surface area contributed by atoms with Gasteiger partial charge in [0, 0.05) is 18.8 Å². The van der Waals surface area contributed by atoms with Gasteiger partial charge in [0.1, 0.15) is 12.4 Å². The minimum atomic E-state index is -0.494. The van der Waals surface area contributed by atoms with Crippen molar-refractivity contribution >= 4 is 5.69 Å². The molecule has 112 valence electrons. The van der Waals surface area contributed by atoms with Gasteiger partial charge in [-0.1, -0.05) is 12.1 Å². The minimum Gasteiger partial charge on any atom is -0.467 e. The van der Waals surface area contributed by atoms with E-state index in [2.05, 4.69) is 30.0 Å². The van der Waals surface area contributed by atoms with Gasteiger partial charge in [0.15, 0.2) is 0 Å². The number of β-amino-alcohol motifs (C(OH)–C–C–N with tert-alkyl or cyclic N) is 1. The lowest BCUT2D eigenvalue weighted by Gasteiger charge is -2.23. The molecule has 0 saturated carbocycles. The van der Waals surface area contributed by atoms with E-state index in [-0.39, 0.29) is 0 Å². The van der Waals surface area contributed by atoms with E-state index in [4.69, 9.17) is 9.15 Å². The summed E-state index contributed by atoms with van der Waals surface area (Å²) in [5, 5.41) is 10.1. The van der Waals surface area contributed by atoms with E-state index in [0.717, 1.165) is 18.7 Å². The van der Waals surface area contributed by atoms with Crippen molar-refractivity contribution < 1.29 is 14.3 Å². The molecule has 0 amide bonds. The summed E-state index contributed by atoms with van der Waals surface area (Å²) in [4.78, 5) is 2.24. The van der Waals surface area contributed by atoms with Gasteiger partial charge in [-0.25, -0.2) is 0 Å². The molecule has 2 aromatic rings. The predicted octanol–water partition coefficient (Wildman–Crippen LogP) is 2.53. The molecule has 1 N–H and O–H groups in total. The number of aliphatic hydroxyl groups excluding tert-OH is 1. The lowest BCUT2D eigenvalue weighted by atomic mass is 10.1. The van der Waals surface area contributed by atoms with Crippen LogP contribution in [-0.4, -0.2) is 30.9 Å². The molecule has 2 heterocycles. The zero-order valence-electron chi connectivity index (χ0n) is 12.3. The summed E-state index contributed by atoms with van der Waals surface area (Å²) < 4.78 is 10.7. The van der Waals surface area contributed by atoms with E-state index in [0.29, 0.717) is 19.8 Å². The number of rotatable bonds is 6. The largest absolute Gasteiger partial charge is 0.467 e. The van der Waals surface area contributed by atoms with Crippen LogP contribution in [0, 0.1) is 6.92 Å². The number of benzene rings is 1. The van der Waals surface area contributed by atoms with Gasteiger partial charge in [0.05, 0.1) is 19.0 Å². The van der Waals surface area contributed by atoms with Crippen molar-refractivity contribution in [1.29, 1.82) is 0 Å². The second-order valence-electron chi connectivity index (χ2n) is 5.52. The first-order chi connectivity index (χ1) is 10.2. The van der Waals surface area contributed by atoms with Gasteiger partial charge in [-0.15, -0.1) is 0 Å². The number of hydrogen-bond acceptors (Lipinski definition) is 4. The Morgan fingerprint density at radius 1 is 1.33 bits per heavy atom. The molecule has 0 bridgehead atoms. The third kappa shape index (κ3) is 3.28. The summed E-state index contributed by atoms with van der Waals surface area (Å²) in [6, 6.07) is 10.0. The highest BCUT2D eigenvalue weighted by Gasteiger charge is 2.22. The Balaban J connectivity index is 1.50. The van der Waals surface area contributed by atoms with Gasteiger partial charge >= 0.3 is 0 Å². The van der Waals surface area contributed by atoms with Crippen molar-refractivity contribution in [3.8, 4) is 0 Å². The number of furan rings is 1. The maximum Gasteiger partial charge on any atom is 0.129 e. The summed E-state index contributed by atoms with van der Waals surface area (Å²) in [6.07, 6.45) is 2.19. The molecule has 0 aliphatic carbocycles. The van der Waals surface area contributed by atoms with Gasteiger partial charge in [0.25, 0.3) is 0 Å². The molecule has 1 aliphatic heterocycles. The van der Waals surface area contributed by atoms with Crippen LogP contribution in [0.15, 0.2) is 41.0 Å². The van der Waals surface area contributed by atoms with E-state index >= 15 is 0 Å². The number of nitrogens with zero attached hydrogens (tertiary/aromatic N) is 1. The average molecular weight is 287 g/mol. The minimum absolute atomic E-state index is 0.318. The van der Waals surface area contributed by atoms with E-state index in [1.54, 1.807) is 6.26 Å². The molecule has 1 aromatic carbocycles. The molecule has 3 rings (SSSR count). The summed E-state index contributed by atoms with van der Waals surface area (Å²) in [6.45, 7) is 4.44. The highest BCUT2D eigenvalue weighted by molar-refractivity contribution is 5.60. The van der Waals surface area contributed by atoms with E-state index in [1.807, 2.05) is 12.1 Å². The van der Waals surface area contributed by atoms with Gasteiger partial charge in [-0.05, 0) is 42.7 Å². The molecule has 0 fully saturated rings. The maximum absolute atomic E-state index is 10.1. The van der Waals surface area contributed by atoms with Crippen molar-refractivity contribution in [2.45, 2.75) is 26.1 Å². The van der Waals surface area contributed by atoms with Crippen molar-refractivity contribution in [2.75, 3.05) is 24.6 Å². The Kier molecular flexibility index (Phi) is 4.27. The molecule has 4 nitrogen and oxygen atoms in total. The smallest absolute Gasteiger partial charge is 0.129 e. The van der Waals surface area contributed by atoms with Gasteiger partial charge in [-0.2, -0.15) is 0 Å². The quantitative estimate of drug-likeness (QED) is 0.887. The van der Waals surface area contributed by atoms with Crippen LogP contribution < -0.4 is 4.90 Å². The maximum atomic E-state index is 10.1. The number of fused-ring (bicyclic) bond motifs is 1. The third-order valence-electron chi connectivity index (χ3n) is 3.92. The second kappa shape index (κ2) is 6.33. The Bertz CT molecular complexity index is 580.